The van der Waals surface area contributed by atoms with Crippen LogP contribution in [0.2, 0.25) is 0 Å². The minimum absolute atomic E-state index is 0.112. The Morgan fingerprint density at radius 2 is 1.81 bits per heavy atom. The summed E-state index contributed by atoms with van der Waals surface area (Å²) < 4.78 is 1.04. The van der Waals surface area contributed by atoms with E-state index in [1.807, 2.05) is 31.3 Å². The van der Waals surface area contributed by atoms with E-state index in [-0.39, 0.29) is 6.04 Å². The number of nitrogens with one attached hydrogen (secondary N) is 1. The first-order valence-electron chi connectivity index (χ1n) is 5.65. The molecule has 0 aliphatic heterocycles. The molecule has 0 saturated heterocycles. The third-order valence-corrected chi connectivity index (χ3v) is 3.22. The molecule has 90 valence electrons. The number of hydrogen-bond acceptors (Lipinski definition) is 2. The third kappa shape index (κ3) is 3.89. The van der Waals surface area contributed by atoms with E-state index in [1.165, 1.54) is 0 Å². The Morgan fingerprint density at radius 3 is 2.25 bits per heavy atom. The van der Waals surface area contributed by atoms with Crippen molar-refractivity contribution >= 4 is 15.9 Å². The Bertz CT molecular complexity index is 310. The second kappa shape index (κ2) is 6.38. The molecule has 2 nitrogen and oxygen atoms in total. The summed E-state index contributed by atoms with van der Waals surface area (Å²) in [5.74, 6) is 0.572. The van der Waals surface area contributed by atoms with Gasteiger partial charge in [0.05, 0.1) is 6.10 Å². The fourth-order valence-electron chi connectivity index (χ4n) is 1.80. The zero-order valence-corrected chi connectivity index (χ0v) is 11.7. The van der Waals surface area contributed by atoms with Gasteiger partial charge in [0.25, 0.3) is 0 Å². The second-order valence-corrected chi connectivity index (χ2v) is 5.44. The standard InChI is InChI=1S/C13H20BrNO/c1-9(2)8-12(15-3)13(16)10-4-6-11(14)7-5-10/h4-7,9,12-13,15-16H,8H2,1-3H3/t12-,13?/m0/s1. The number of benzene rings is 1. The number of aliphatic hydroxyl groups excluding tert-OH is 1. The SMILES string of the molecule is CN[C@@H](CC(C)C)C(O)c1ccc(Br)cc1. The minimum atomic E-state index is -0.444. The van der Waals surface area contributed by atoms with Crippen molar-refractivity contribution in [3.05, 3.63) is 34.3 Å². The monoisotopic (exact) mass is 285 g/mol. The van der Waals surface area contributed by atoms with Crippen LogP contribution in [0.3, 0.4) is 0 Å². The first-order valence-corrected chi connectivity index (χ1v) is 6.44. The first-order chi connectivity index (χ1) is 7.54. The summed E-state index contributed by atoms with van der Waals surface area (Å²) in [6, 6.07) is 7.95. The van der Waals surface area contributed by atoms with Crippen LogP contribution in [0.1, 0.15) is 31.9 Å². The molecular formula is C13H20BrNO. The molecule has 0 amide bonds. The zero-order valence-electron chi connectivity index (χ0n) is 10.1. The summed E-state index contributed by atoms with van der Waals surface area (Å²) in [5.41, 5.74) is 0.961. The Kier molecular flexibility index (Phi) is 5.46. The van der Waals surface area contributed by atoms with Crippen LogP contribution in [0.4, 0.5) is 0 Å². The topological polar surface area (TPSA) is 32.3 Å². The average molecular weight is 286 g/mol. The van der Waals surface area contributed by atoms with Crippen molar-refractivity contribution in [2.24, 2.45) is 5.92 Å². The summed E-state index contributed by atoms with van der Waals surface area (Å²) in [6.45, 7) is 4.33. The summed E-state index contributed by atoms with van der Waals surface area (Å²) in [6.07, 6.45) is 0.522. The Hall–Kier alpha value is -0.380. The van der Waals surface area contributed by atoms with Gasteiger partial charge in [-0.25, -0.2) is 0 Å². The van der Waals surface area contributed by atoms with E-state index in [4.69, 9.17) is 0 Å². The van der Waals surface area contributed by atoms with Gasteiger partial charge in [-0.1, -0.05) is 41.9 Å². The van der Waals surface area contributed by atoms with Gasteiger partial charge in [-0.05, 0) is 37.1 Å². The van der Waals surface area contributed by atoms with Crippen LogP contribution in [0.5, 0.6) is 0 Å². The van der Waals surface area contributed by atoms with Crippen LogP contribution < -0.4 is 5.32 Å². The molecule has 0 fully saturated rings. The molecule has 1 aromatic rings. The van der Waals surface area contributed by atoms with Crippen LogP contribution in [0.15, 0.2) is 28.7 Å². The lowest BCUT2D eigenvalue weighted by molar-refractivity contribution is 0.121. The van der Waals surface area contributed by atoms with Crippen LogP contribution in [0.25, 0.3) is 0 Å². The number of rotatable bonds is 5. The van der Waals surface area contributed by atoms with Gasteiger partial charge in [0.2, 0.25) is 0 Å². The molecule has 0 aromatic heterocycles. The molecule has 0 saturated carbocycles. The fraction of sp³-hybridized carbons (Fsp3) is 0.538. The van der Waals surface area contributed by atoms with Crippen LogP contribution in [0, 0.1) is 5.92 Å². The van der Waals surface area contributed by atoms with Gasteiger partial charge in [-0.15, -0.1) is 0 Å². The Balaban J connectivity index is 2.74. The third-order valence-electron chi connectivity index (χ3n) is 2.69. The molecule has 0 heterocycles. The fourth-order valence-corrected chi connectivity index (χ4v) is 2.07. The van der Waals surface area contributed by atoms with Crippen molar-refractivity contribution in [2.45, 2.75) is 32.4 Å². The van der Waals surface area contributed by atoms with E-state index >= 15 is 0 Å². The number of halogens is 1. The smallest absolute Gasteiger partial charge is 0.0942 e. The molecule has 0 spiro atoms. The Labute approximate surface area is 106 Å². The van der Waals surface area contributed by atoms with Crippen LogP contribution >= 0.6 is 15.9 Å². The molecule has 1 aromatic carbocycles. The van der Waals surface area contributed by atoms with E-state index in [2.05, 4.69) is 35.1 Å². The number of aliphatic hydroxyl groups is 1. The van der Waals surface area contributed by atoms with Gasteiger partial charge < -0.3 is 10.4 Å². The molecule has 0 aliphatic rings. The maximum Gasteiger partial charge on any atom is 0.0942 e. The first kappa shape index (κ1) is 13.7. The quantitative estimate of drug-likeness (QED) is 0.871. The predicted octanol–water partition coefficient (Wildman–Crippen LogP) is 3.12. The molecule has 0 bridgehead atoms. The molecule has 0 radical (unpaired) electrons. The van der Waals surface area contributed by atoms with Gasteiger partial charge in [0.1, 0.15) is 0 Å². The lowest BCUT2D eigenvalue weighted by Crippen LogP contribution is -2.33. The average Bonchev–Trinajstić information content (AvgIpc) is 2.25. The highest BCUT2D eigenvalue weighted by atomic mass is 79.9. The van der Waals surface area contributed by atoms with E-state index in [1.54, 1.807) is 0 Å². The number of hydrogen-bond donors (Lipinski definition) is 2. The van der Waals surface area contributed by atoms with Crippen molar-refractivity contribution < 1.29 is 5.11 Å². The van der Waals surface area contributed by atoms with Gasteiger partial charge in [0.15, 0.2) is 0 Å². The van der Waals surface area contributed by atoms with Crippen LogP contribution in [-0.2, 0) is 0 Å². The molecule has 1 rings (SSSR count). The van der Waals surface area contributed by atoms with Crippen molar-refractivity contribution in [3.63, 3.8) is 0 Å². The van der Waals surface area contributed by atoms with Gasteiger partial charge in [-0.2, -0.15) is 0 Å². The lowest BCUT2D eigenvalue weighted by atomic mass is 9.95. The van der Waals surface area contributed by atoms with Crippen molar-refractivity contribution in [2.75, 3.05) is 7.05 Å². The van der Waals surface area contributed by atoms with Crippen molar-refractivity contribution in [1.29, 1.82) is 0 Å². The number of likely N-dealkylation sites (N-methyl/N-ethyl adjacent to an activating group) is 1. The molecular weight excluding hydrogens is 266 g/mol. The highest BCUT2D eigenvalue weighted by Crippen LogP contribution is 2.22. The minimum Gasteiger partial charge on any atom is -0.387 e. The molecule has 16 heavy (non-hydrogen) atoms. The summed E-state index contributed by atoms with van der Waals surface area (Å²) in [4.78, 5) is 0. The molecule has 2 N–H and O–H groups in total. The second-order valence-electron chi connectivity index (χ2n) is 4.52. The highest BCUT2D eigenvalue weighted by molar-refractivity contribution is 9.10. The summed E-state index contributed by atoms with van der Waals surface area (Å²) in [5, 5.41) is 13.4. The largest absolute Gasteiger partial charge is 0.387 e. The summed E-state index contributed by atoms with van der Waals surface area (Å²) >= 11 is 3.39. The summed E-state index contributed by atoms with van der Waals surface area (Å²) in [7, 11) is 1.90. The molecule has 2 atom stereocenters. The lowest BCUT2D eigenvalue weighted by Gasteiger charge is -2.24. The van der Waals surface area contributed by atoms with Gasteiger partial charge in [-0.3, -0.25) is 0 Å². The van der Waals surface area contributed by atoms with Gasteiger partial charge >= 0.3 is 0 Å². The normalized spacial score (nSPS) is 15.1. The van der Waals surface area contributed by atoms with E-state index < -0.39 is 6.10 Å². The van der Waals surface area contributed by atoms with Crippen molar-refractivity contribution in [3.8, 4) is 0 Å². The maximum atomic E-state index is 10.2. The van der Waals surface area contributed by atoms with E-state index in [9.17, 15) is 5.11 Å². The van der Waals surface area contributed by atoms with Gasteiger partial charge in [0, 0.05) is 10.5 Å². The Morgan fingerprint density at radius 1 is 1.25 bits per heavy atom. The van der Waals surface area contributed by atoms with E-state index in [0.29, 0.717) is 5.92 Å². The molecule has 3 heteroatoms. The van der Waals surface area contributed by atoms with Crippen LogP contribution in [-0.4, -0.2) is 18.2 Å². The maximum absolute atomic E-state index is 10.2. The van der Waals surface area contributed by atoms with Crippen molar-refractivity contribution in [1.82, 2.24) is 5.32 Å². The van der Waals surface area contributed by atoms with E-state index in [0.717, 1.165) is 16.5 Å². The highest BCUT2D eigenvalue weighted by Gasteiger charge is 2.19. The zero-order chi connectivity index (χ0) is 12.1. The molecule has 0 aliphatic carbocycles. The molecule has 1 unspecified atom stereocenters. The predicted molar refractivity (Wildman–Crippen MR) is 71.4 cm³/mol.